The van der Waals surface area contributed by atoms with Gasteiger partial charge in [-0.05, 0) is 37.5 Å². The highest BCUT2D eigenvalue weighted by Crippen LogP contribution is 2.22. The van der Waals surface area contributed by atoms with Crippen molar-refractivity contribution in [3.05, 3.63) is 28.8 Å². The van der Waals surface area contributed by atoms with Crippen molar-refractivity contribution < 1.29 is 13.2 Å². The van der Waals surface area contributed by atoms with Crippen LogP contribution in [0.5, 0.6) is 0 Å². The maximum atomic E-state index is 12.1. The van der Waals surface area contributed by atoms with E-state index >= 15 is 0 Å². The number of methoxy groups -OCH3 is 1. The van der Waals surface area contributed by atoms with Gasteiger partial charge >= 0.3 is 0 Å². The Morgan fingerprint density at radius 3 is 2.75 bits per heavy atom. The van der Waals surface area contributed by atoms with E-state index in [1.165, 1.54) is 18.2 Å². The van der Waals surface area contributed by atoms with E-state index in [0.29, 0.717) is 13.2 Å². The fraction of sp³-hybridized carbons (Fsp3) is 0.462. The predicted molar refractivity (Wildman–Crippen MR) is 77.1 cm³/mol. The third kappa shape index (κ3) is 5.10. The number of unbranched alkanes of at least 4 members (excludes halogenated alkanes) is 2. The van der Waals surface area contributed by atoms with Gasteiger partial charge in [0.15, 0.2) is 0 Å². The molecule has 20 heavy (non-hydrogen) atoms. The number of ether oxygens (including phenoxy) is 1. The Morgan fingerprint density at radius 2 is 2.10 bits per heavy atom. The van der Waals surface area contributed by atoms with Crippen LogP contribution in [0, 0.1) is 11.3 Å². The second kappa shape index (κ2) is 8.22. The number of hydrogen-bond donors (Lipinski definition) is 1. The molecule has 1 aromatic carbocycles. The topological polar surface area (TPSA) is 79.2 Å². The Labute approximate surface area is 124 Å². The van der Waals surface area contributed by atoms with Crippen molar-refractivity contribution in [3.8, 4) is 6.07 Å². The van der Waals surface area contributed by atoms with Gasteiger partial charge in [0.2, 0.25) is 10.0 Å². The molecule has 7 heteroatoms. The Kier molecular flexibility index (Phi) is 6.96. The maximum absolute atomic E-state index is 12.1. The Bertz CT molecular complexity index is 582. The quantitative estimate of drug-likeness (QED) is 0.746. The first kappa shape index (κ1) is 16.9. The minimum Gasteiger partial charge on any atom is -0.385 e. The average molecular weight is 317 g/mol. The number of nitrogens with zero attached hydrogens (tertiary/aromatic N) is 1. The summed E-state index contributed by atoms with van der Waals surface area (Å²) >= 11 is 5.87. The minimum absolute atomic E-state index is 0.0601. The first-order valence-corrected chi connectivity index (χ1v) is 8.05. The highest BCUT2D eigenvalue weighted by Gasteiger charge is 2.17. The van der Waals surface area contributed by atoms with E-state index in [4.69, 9.17) is 21.6 Å². The first-order chi connectivity index (χ1) is 9.51. The Morgan fingerprint density at radius 1 is 1.35 bits per heavy atom. The van der Waals surface area contributed by atoms with Crippen LogP contribution in [0.25, 0.3) is 0 Å². The van der Waals surface area contributed by atoms with Crippen LogP contribution in [0.4, 0.5) is 0 Å². The summed E-state index contributed by atoms with van der Waals surface area (Å²) in [6.45, 7) is 1.00. The van der Waals surface area contributed by atoms with Crippen molar-refractivity contribution in [3.63, 3.8) is 0 Å². The lowest BCUT2D eigenvalue weighted by molar-refractivity contribution is 0.192. The van der Waals surface area contributed by atoms with Crippen molar-refractivity contribution >= 4 is 21.6 Å². The zero-order valence-electron chi connectivity index (χ0n) is 11.2. The van der Waals surface area contributed by atoms with Crippen LogP contribution < -0.4 is 4.72 Å². The molecule has 0 heterocycles. The number of benzene rings is 1. The molecule has 0 unspecified atom stereocenters. The molecule has 5 nitrogen and oxygen atoms in total. The molecule has 0 spiro atoms. The summed E-state index contributed by atoms with van der Waals surface area (Å²) < 4.78 is 31.6. The normalized spacial score (nSPS) is 11.2. The standard InChI is InChI=1S/C13H17ClN2O3S/c1-19-8-4-2-3-7-16-20(17,18)13-9-11(10-15)5-6-12(13)14/h5-6,9,16H,2-4,7-8H2,1H3. The van der Waals surface area contributed by atoms with E-state index in [2.05, 4.69) is 4.72 Å². The van der Waals surface area contributed by atoms with Crippen LogP contribution in [-0.2, 0) is 14.8 Å². The molecule has 0 atom stereocenters. The van der Waals surface area contributed by atoms with Crippen LogP contribution in [0.15, 0.2) is 23.1 Å². The maximum Gasteiger partial charge on any atom is 0.242 e. The van der Waals surface area contributed by atoms with E-state index in [1.807, 2.05) is 6.07 Å². The lowest BCUT2D eigenvalue weighted by Crippen LogP contribution is -2.25. The SMILES string of the molecule is COCCCCCNS(=O)(=O)c1cc(C#N)ccc1Cl. The molecule has 1 rings (SSSR count). The van der Waals surface area contributed by atoms with Crippen molar-refractivity contribution in [2.24, 2.45) is 0 Å². The molecule has 1 N–H and O–H groups in total. The van der Waals surface area contributed by atoms with E-state index in [1.54, 1.807) is 7.11 Å². The van der Waals surface area contributed by atoms with Gasteiger partial charge in [-0.25, -0.2) is 13.1 Å². The fourth-order valence-electron chi connectivity index (χ4n) is 1.61. The van der Waals surface area contributed by atoms with Gasteiger partial charge in [0.25, 0.3) is 0 Å². The summed E-state index contributed by atoms with van der Waals surface area (Å²) in [4.78, 5) is -0.0601. The molecular formula is C13H17ClN2O3S. The summed E-state index contributed by atoms with van der Waals surface area (Å²) in [6, 6.07) is 6.05. The highest BCUT2D eigenvalue weighted by atomic mass is 35.5. The van der Waals surface area contributed by atoms with Gasteiger partial charge < -0.3 is 4.74 Å². The number of nitriles is 1. The minimum atomic E-state index is -3.68. The number of halogens is 1. The average Bonchev–Trinajstić information content (AvgIpc) is 2.43. The zero-order chi connectivity index (χ0) is 15.0. The molecule has 0 aliphatic heterocycles. The summed E-state index contributed by atoms with van der Waals surface area (Å²) in [5.41, 5.74) is 0.259. The first-order valence-electron chi connectivity index (χ1n) is 6.19. The molecule has 0 aliphatic carbocycles. The van der Waals surface area contributed by atoms with Gasteiger partial charge in [0.1, 0.15) is 4.90 Å². The highest BCUT2D eigenvalue weighted by molar-refractivity contribution is 7.89. The van der Waals surface area contributed by atoms with Crippen LogP contribution in [0.3, 0.4) is 0 Å². The van der Waals surface area contributed by atoms with E-state index in [9.17, 15) is 8.42 Å². The Balaban J connectivity index is 2.63. The fourth-order valence-corrected chi connectivity index (χ4v) is 3.21. The van der Waals surface area contributed by atoms with Crippen molar-refractivity contribution in [1.82, 2.24) is 4.72 Å². The number of rotatable bonds is 8. The van der Waals surface area contributed by atoms with E-state index in [-0.39, 0.29) is 15.5 Å². The monoisotopic (exact) mass is 316 g/mol. The van der Waals surface area contributed by atoms with Crippen molar-refractivity contribution in [2.75, 3.05) is 20.3 Å². The molecule has 0 fully saturated rings. The van der Waals surface area contributed by atoms with E-state index in [0.717, 1.165) is 19.3 Å². The molecular weight excluding hydrogens is 300 g/mol. The molecule has 0 radical (unpaired) electrons. The molecule has 0 saturated heterocycles. The molecule has 1 aromatic rings. The van der Waals surface area contributed by atoms with Crippen LogP contribution in [-0.4, -0.2) is 28.7 Å². The second-order valence-electron chi connectivity index (χ2n) is 4.21. The van der Waals surface area contributed by atoms with Crippen molar-refractivity contribution in [2.45, 2.75) is 24.2 Å². The molecule has 110 valence electrons. The smallest absolute Gasteiger partial charge is 0.242 e. The predicted octanol–water partition coefficient (Wildman–Crippen LogP) is 2.31. The second-order valence-corrected chi connectivity index (χ2v) is 6.35. The van der Waals surface area contributed by atoms with Crippen LogP contribution in [0.2, 0.25) is 5.02 Å². The van der Waals surface area contributed by atoms with Crippen LogP contribution >= 0.6 is 11.6 Å². The Hall–Kier alpha value is -1.13. The van der Waals surface area contributed by atoms with Crippen molar-refractivity contribution in [1.29, 1.82) is 5.26 Å². The molecule has 0 bridgehead atoms. The summed E-state index contributed by atoms with van der Waals surface area (Å²) in [6.07, 6.45) is 2.49. The summed E-state index contributed by atoms with van der Waals surface area (Å²) in [5.74, 6) is 0. The van der Waals surface area contributed by atoms with Gasteiger partial charge in [-0.1, -0.05) is 11.6 Å². The van der Waals surface area contributed by atoms with Gasteiger partial charge in [-0.2, -0.15) is 5.26 Å². The molecule has 0 aliphatic rings. The van der Waals surface area contributed by atoms with Crippen LogP contribution in [0.1, 0.15) is 24.8 Å². The lowest BCUT2D eigenvalue weighted by atomic mass is 10.2. The number of sulfonamides is 1. The largest absolute Gasteiger partial charge is 0.385 e. The lowest BCUT2D eigenvalue weighted by Gasteiger charge is -2.08. The van der Waals surface area contributed by atoms with E-state index < -0.39 is 10.0 Å². The zero-order valence-corrected chi connectivity index (χ0v) is 12.8. The van der Waals surface area contributed by atoms with Gasteiger partial charge in [0, 0.05) is 20.3 Å². The summed E-state index contributed by atoms with van der Waals surface area (Å²) in [7, 11) is -2.05. The number of nitrogens with one attached hydrogen (secondary N) is 1. The third-order valence-corrected chi connectivity index (χ3v) is 4.61. The molecule has 0 amide bonds. The van der Waals surface area contributed by atoms with Gasteiger partial charge in [-0.3, -0.25) is 0 Å². The molecule has 0 aromatic heterocycles. The van der Waals surface area contributed by atoms with Gasteiger partial charge in [0.05, 0.1) is 16.7 Å². The summed E-state index contributed by atoms with van der Waals surface area (Å²) in [5, 5.41) is 8.90. The third-order valence-electron chi connectivity index (χ3n) is 2.67. The van der Waals surface area contributed by atoms with Gasteiger partial charge in [-0.15, -0.1) is 0 Å². The number of hydrogen-bond acceptors (Lipinski definition) is 4. The molecule has 0 saturated carbocycles.